The van der Waals surface area contributed by atoms with E-state index in [4.69, 9.17) is 15.6 Å². The van der Waals surface area contributed by atoms with Crippen molar-refractivity contribution in [3.8, 4) is 17.1 Å². The number of rotatable bonds is 6. The summed E-state index contributed by atoms with van der Waals surface area (Å²) in [4.78, 5) is 15.2. The zero-order valence-electron chi connectivity index (χ0n) is 12.7. The summed E-state index contributed by atoms with van der Waals surface area (Å²) in [7, 11) is -2.43. The molecule has 0 saturated heterocycles. The topological polar surface area (TPSA) is 143 Å². The summed E-state index contributed by atoms with van der Waals surface area (Å²) in [6.07, 6.45) is -0.114. The van der Waals surface area contributed by atoms with Crippen LogP contribution >= 0.6 is 0 Å². The van der Waals surface area contributed by atoms with Gasteiger partial charge in [-0.1, -0.05) is 0 Å². The van der Waals surface area contributed by atoms with E-state index in [0.29, 0.717) is 23.7 Å². The molecular weight excluding hydrogens is 322 g/mol. The Morgan fingerprint density at radius 1 is 1.39 bits per heavy atom. The average molecular weight is 339 g/mol. The number of carbonyl (C=O) groups is 1. The van der Waals surface area contributed by atoms with Crippen molar-refractivity contribution in [1.29, 1.82) is 0 Å². The van der Waals surface area contributed by atoms with Gasteiger partial charge in [0, 0.05) is 6.54 Å². The molecule has 1 aromatic carbocycles. The van der Waals surface area contributed by atoms with Gasteiger partial charge in [0.2, 0.25) is 15.9 Å². The van der Waals surface area contributed by atoms with Crippen molar-refractivity contribution in [3.05, 3.63) is 24.0 Å². The minimum Gasteiger partial charge on any atom is -0.496 e. The van der Waals surface area contributed by atoms with Gasteiger partial charge in [-0.3, -0.25) is 4.79 Å². The molecule has 0 fully saturated rings. The number of primary amides is 1. The summed E-state index contributed by atoms with van der Waals surface area (Å²) in [6.45, 7) is 2.30. The number of nitrogens with zero attached hydrogens (tertiary/aromatic N) is 3. The van der Waals surface area contributed by atoms with Crippen LogP contribution < -0.4 is 15.6 Å². The van der Waals surface area contributed by atoms with Gasteiger partial charge in [0.1, 0.15) is 5.75 Å². The van der Waals surface area contributed by atoms with Crippen molar-refractivity contribution < 1.29 is 17.9 Å². The first kappa shape index (κ1) is 16.9. The van der Waals surface area contributed by atoms with Crippen molar-refractivity contribution in [2.24, 2.45) is 10.9 Å². The molecule has 2 aromatic rings. The molecule has 10 heteroatoms. The van der Waals surface area contributed by atoms with E-state index >= 15 is 0 Å². The summed E-state index contributed by atoms with van der Waals surface area (Å²) in [5.74, 6) is 0.462. The molecule has 0 bridgehead atoms. The fourth-order valence-corrected chi connectivity index (χ4v) is 2.62. The normalized spacial score (nSPS) is 11.4. The Kier molecular flexibility index (Phi) is 4.66. The Labute approximate surface area is 133 Å². The number of amides is 1. The molecule has 0 aliphatic carbocycles. The minimum absolute atomic E-state index is 0.0737. The molecule has 4 N–H and O–H groups in total. The van der Waals surface area contributed by atoms with Crippen molar-refractivity contribution in [3.63, 3.8) is 0 Å². The molecule has 0 unspecified atom stereocenters. The van der Waals surface area contributed by atoms with Crippen LogP contribution in [0.4, 0.5) is 0 Å². The molecule has 23 heavy (non-hydrogen) atoms. The third-order valence-electron chi connectivity index (χ3n) is 3.09. The highest BCUT2D eigenvalue weighted by Gasteiger charge is 2.19. The Bertz CT molecular complexity index is 844. The summed E-state index contributed by atoms with van der Waals surface area (Å²) in [5, 5.41) is 9.35. The number of carbonyl (C=O) groups excluding carboxylic acids is 1. The first-order chi connectivity index (χ1) is 10.8. The van der Waals surface area contributed by atoms with Gasteiger partial charge in [0.25, 0.3) is 0 Å². The van der Waals surface area contributed by atoms with Crippen LogP contribution in [0.3, 0.4) is 0 Å². The largest absolute Gasteiger partial charge is 0.496 e. The predicted octanol–water partition coefficient (Wildman–Crippen LogP) is -0.351. The first-order valence-electron chi connectivity index (χ1n) is 6.69. The second kappa shape index (κ2) is 6.34. The number of aryl methyl sites for hydroxylation is 1. The molecule has 2 rings (SSSR count). The van der Waals surface area contributed by atoms with Gasteiger partial charge in [-0.05, 0) is 25.1 Å². The summed E-state index contributed by atoms with van der Waals surface area (Å²) >= 11 is 0. The highest BCUT2D eigenvalue weighted by molar-refractivity contribution is 7.89. The monoisotopic (exact) mass is 339 g/mol. The molecule has 0 aliphatic heterocycles. The molecule has 0 spiro atoms. The lowest BCUT2D eigenvalue weighted by molar-refractivity contribution is -0.117. The van der Waals surface area contributed by atoms with Crippen molar-refractivity contribution in [2.45, 2.75) is 24.8 Å². The summed E-state index contributed by atoms with van der Waals surface area (Å²) in [6, 6.07) is 4.19. The van der Waals surface area contributed by atoms with E-state index in [1.807, 2.05) is 6.92 Å². The van der Waals surface area contributed by atoms with E-state index in [-0.39, 0.29) is 17.1 Å². The van der Waals surface area contributed by atoms with Gasteiger partial charge >= 0.3 is 0 Å². The van der Waals surface area contributed by atoms with Crippen LogP contribution in [0.5, 0.6) is 5.75 Å². The van der Waals surface area contributed by atoms with Gasteiger partial charge in [-0.2, -0.15) is 5.10 Å². The lowest BCUT2D eigenvalue weighted by Crippen LogP contribution is -2.14. The number of sulfonamides is 1. The second-order valence-electron chi connectivity index (χ2n) is 4.72. The molecule has 0 saturated carbocycles. The lowest BCUT2D eigenvalue weighted by Gasteiger charge is -2.10. The molecule has 1 aromatic heterocycles. The molecule has 1 heterocycles. The molecule has 0 aliphatic rings. The van der Waals surface area contributed by atoms with Gasteiger partial charge < -0.3 is 10.5 Å². The van der Waals surface area contributed by atoms with Crippen molar-refractivity contribution in [2.75, 3.05) is 7.11 Å². The molecule has 124 valence electrons. The summed E-state index contributed by atoms with van der Waals surface area (Å²) < 4.78 is 29.9. The van der Waals surface area contributed by atoms with E-state index in [1.54, 1.807) is 0 Å². The number of benzene rings is 1. The maximum atomic E-state index is 11.6. The maximum Gasteiger partial charge on any atom is 0.238 e. The SMILES string of the molecule is CCn1nc(CC(N)=O)nc1-c1cc(S(N)(=O)=O)ccc1OC. The van der Waals surface area contributed by atoms with Gasteiger partial charge in [0.05, 0.1) is 24.0 Å². The van der Waals surface area contributed by atoms with Gasteiger partial charge in [-0.25, -0.2) is 23.2 Å². The maximum absolute atomic E-state index is 11.6. The minimum atomic E-state index is -3.88. The summed E-state index contributed by atoms with van der Waals surface area (Å²) in [5.41, 5.74) is 5.56. The van der Waals surface area contributed by atoms with E-state index in [9.17, 15) is 13.2 Å². The number of nitrogens with two attached hydrogens (primary N) is 2. The number of aromatic nitrogens is 3. The zero-order valence-corrected chi connectivity index (χ0v) is 13.5. The smallest absolute Gasteiger partial charge is 0.238 e. The van der Waals surface area contributed by atoms with Crippen LogP contribution in [0.1, 0.15) is 12.7 Å². The number of primary sulfonamides is 1. The van der Waals surface area contributed by atoms with Crippen LogP contribution in [-0.4, -0.2) is 36.2 Å². The van der Waals surface area contributed by atoms with Crippen LogP contribution in [-0.2, 0) is 27.8 Å². The number of methoxy groups -OCH3 is 1. The number of hydrogen-bond acceptors (Lipinski definition) is 6. The second-order valence-corrected chi connectivity index (χ2v) is 6.28. The van der Waals surface area contributed by atoms with E-state index in [1.165, 1.54) is 30.0 Å². The third-order valence-corrected chi connectivity index (χ3v) is 4.00. The average Bonchev–Trinajstić information content (AvgIpc) is 2.87. The van der Waals surface area contributed by atoms with Crippen molar-refractivity contribution >= 4 is 15.9 Å². The fourth-order valence-electron chi connectivity index (χ4n) is 2.08. The van der Waals surface area contributed by atoms with Crippen LogP contribution in [0, 0.1) is 0 Å². The van der Waals surface area contributed by atoms with Crippen molar-refractivity contribution in [1.82, 2.24) is 14.8 Å². The Morgan fingerprint density at radius 2 is 2.09 bits per heavy atom. The molecule has 0 radical (unpaired) electrons. The van der Waals surface area contributed by atoms with Gasteiger partial charge in [-0.15, -0.1) is 0 Å². The number of ether oxygens (including phenoxy) is 1. The standard InChI is InChI=1S/C13H17N5O4S/c1-3-18-13(16-12(17-18)7-11(14)19)9-6-8(23(15,20)21)4-5-10(9)22-2/h4-6H,3,7H2,1-2H3,(H2,14,19)(H2,15,20,21). The Hall–Kier alpha value is -2.46. The van der Waals surface area contributed by atoms with Crippen LogP contribution in [0.15, 0.2) is 23.1 Å². The Morgan fingerprint density at radius 3 is 2.61 bits per heavy atom. The Balaban J connectivity index is 2.64. The highest BCUT2D eigenvalue weighted by Crippen LogP contribution is 2.31. The molecule has 0 atom stereocenters. The van der Waals surface area contributed by atoms with Crippen LogP contribution in [0.25, 0.3) is 11.4 Å². The molecule has 9 nitrogen and oxygen atoms in total. The van der Waals surface area contributed by atoms with E-state index in [2.05, 4.69) is 10.1 Å². The first-order valence-corrected chi connectivity index (χ1v) is 8.24. The van der Waals surface area contributed by atoms with E-state index < -0.39 is 15.9 Å². The quantitative estimate of drug-likeness (QED) is 0.736. The highest BCUT2D eigenvalue weighted by atomic mass is 32.2. The third kappa shape index (κ3) is 3.66. The molecule has 1 amide bonds. The van der Waals surface area contributed by atoms with Crippen LogP contribution in [0.2, 0.25) is 0 Å². The zero-order chi connectivity index (χ0) is 17.2. The fraction of sp³-hybridized carbons (Fsp3) is 0.308. The number of hydrogen-bond donors (Lipinski definition) is 2. The van der Waals surface area contributed by atoms with E-state index in [0.717, 1.165) is 0 Å². The lowest BCUT2D eigenvalue weighted by atomic mass is 10.2. The van der Waals surface area contributed by atoms with Gasteiger partial charge in [0.15, 0.2) is 11.6 Å². The predicted molar refractivity (Wildman–Crippen MR) is 82.0 cm³/mol. The molecular formula is C13H17N5O4S.